The van der Waals surface area contributed by atoms with Crippen molar-refractivity contribution in [1.82, 2.24) is 0 Å². The van der Waals surface area contributed by atoms with Crippen LogP contribution >= 0.6 is 11.6 Å². The molecule has 0 aromatic carbocycles. The molecule has 0 bridgehead atoms. The van der Waals surface area contributed by atoms with E-state index in [9.17, 15) is 0 Å². The van der Waals surface area contributed by atoms with Gasteiger partial charge in [0.05, 0.1) is 11.6 Å². The Kier molecular flexibility index (Phi) is 2.82. The molecule has 1 aromatic rings. The predicted molar refractivity (Wildman–Crippen MR) is 42.2 cm³/mol. The number of rotatable bonds is 3. The van der Waals surface area contributed by atoms with Crippen LogP contribution in [0.15, 0.2) is 22.8 Å². The lowest BCUT2D eigenvalue weighted by Crippen LogP contribution is -1.85. The predicted octanol–water partition coefficient (Wildman–Crippen LogP) is 3.36. The van der Waals surface area contributed by atoms with E-state index in [0.717, 1.165) is 18.6 Å². The normalized spacial score (nSPS) is 13.4. The van der Waals surface area contributed by atoms with Gasteiger partial charge in [0.25, 0.3) is 0 Å². The van der Waals surface area contributed by atoms with Gasteiger partial charge in [0, 0.05) is 0 Å². The molecule has 56 valence electrons. The third-order valence-electron chi connectivity index (χ3n) is 1.39. The van der Waals surface area contributed by atoms with Crippen molar-refractivity contribution in [3.05, 3.63) is 24.2 Å². The van der Waals surface area contributed by atoms with E-state index in [1.165, 1.54) is 0 Å². The Morgan fingerprint density at radius 3 is 3.00 bits per heavy atom. The molecule has 0 aliphatic rings. The van der Waals surface area contributed by atoms with E-state index < -0.39 is 0 Å². The third-order valence-corrected chi connectivity index (χ3v) is 1.83. The fourth-order valence-electron chi connectivity index (χ4n) is 0.865. The molecule has 10 heavy (non-hydrogen) atoms. The van der Waals surface area contributed by atoms with Gasteiger partial charge < -0.3 is 4.42 Å². The first-order valence-corrected chi connectivity index (χ1v) is 3.95. The zero-order chi connectivity index (χ0) is 7.40. The Labute approximate surface area is 66.0 Å². The minimum atomic E-state index is 0.0556. The molecule has 1 rings (SSSR count). The lowest BCUT2D eigenvalue weighted by molar-refractivity contribution is 0.493. The summed E-state index contributed by atoms with van der Waals surface area (Å²) in [7, 11) is 0. The molecule has 1 heterocycles. The number of alkyl halides is 1. The fraction of sp³-hybridized carbons (Fsp3) is 0.500. The van der Waals surface area contributed by atoms with Crippen molar-refractivity contribution in [3.8, 4) is 0 Å². The molecule has 0 saturated heterocycles. The highest BCUT2D eigenvalue weighted by atomic mass is 35.5. The van der Waals surface area contributed by atoms with Crippen LogP contribution < -0.4 is 0 Å². The van der Waals surface area contributed by atoms with Crippen LogP contribution in [0.3, 0.4) is 0 Å². The summed E-state index contributed by atoms with van der Waals surface area (Å²) in [6.45, 7) is 2.11. The van der Waals surface area contributed by atoms with Crippen LogP contribution in [0.2, 0.25) is 0 Å². The second kappa shape index (κ2) is 3.67. The van der Waals surface area contributed by atoms with Crippen LogP contribution in [0.4, 0.5) is 0 Å². The monoisotopic (exact) mass is 158 g/mol. The third kappa shape index (κ3) is 1.77. The summed E-state index contributed by atoms with van der Waals surface area (Å²) in [5.74, 6) is 0.878. The largest absolute Gasteiger partial charge is 0.468 e. The van der Waals surface area contributed by atoms with Gasteiger partial charge in [-0.05, 0) is 18.6 Å². The van der Waals surface area contributed by atoms with Crippen molar-refractivity contribution in [2.45, 2.75) is 25.1 Å². The smallest absolute Gasteiger partial charge is 0.121 e. The van der Waals surface area contributed by atoms with E-state index in [1.54, 1.807) is 6.26 Å². The zero-order valence-electron chi connectivity index (χ0n) is 6.01. The van der Waals surface area contributed by atoms with Gasteiger partial charge in [-0.3, -0.25) is 0 Å². The van der Waals surface area contributed by atoms with Gasteiger partial charge in [-0.2, -0.15) is 0 Å². The van der Waals surface area contributed by atoms with Crippen molar-refractivity contribution in [2.24, 2.45) is 0 Å². The second-order valence-electron chi connectivity index (χ2n) is 2.27. The molecule has 1 unspecified atom stereocenters. The van der Waals surface area contributed by atoms with Gasteiger partial charge in [0.15, 0.2) is 0 Å². The molecule has 0 radical (unpaired) electrons. The van der Waals surface area contributed by atoms with Gasteiger partial charge in [0.2, 0.25) is 0 Å². The van der Waals surface area contributed by atoms with Crippen molar-refractivity contribution < 1.29 is 4.42 Å². The summed E-state index contributed by atoms with van der Waals surface area (Å²) in [6, 6.07) is 3.77. The lowest BCUT2D eigenvalue weighted by atomic mass is 10.2. The number of halogens is 1. The minimum absolute atomic E-state index is 0.0556. The molecule has 1 nitrogen and oxygen atoms in total. The fourth-order valence-corrected chi connectivity index (χ4v) is 1.21. The van der Waals surface area contributed by atoms with Crippen LogP contribution in [-0.2, 0) is 0 Å². The first-order valence-electron chi connectivity index (χ1n) is 3.52. The molecule has 2 heteroatoms. The molecule has 1 aromatic heterocycles. The summed E-state index contributed by atoms with van der Waals surface area (Å²) in [5, 5.41) is 0.0556. The van der Waals surface area contributed by atoms with Crippen LogP contribution in [0, 0.1) is 0 Å². The van der Waals surface area contributed by atoms with Crippen molar-refractivity contribution >= 4 is 11.6 Å². The molecule has 0 aliphatic carbocycles. The highest BCUT2D eigenvalue weighted by Gasteiger charge is 2.07. The van der Waals surface area contributed by atoms with Crippen LogP contribution in [-0.4, -0.2) is 0 Å². The molecule has 0 spiro atoms. The molecular formula is C8H11ClO. The molecule has 0 saturated carbocycles. The van der Waals surface area contributed by atoms with Crippen molar-refractivity contribution in [1.29, 1.82) is 0 Å². The topological polar surface area (TPSA) is 13.1 Å². The van der Waals surface area contributed by atoms with Gasteiger partial charge in [0.1, 0.15) is 5.76 Å². The minimum Gasteiger partial charge on any atom is -0.468 e. The quantitative estimate of drug-likeness (QED) is 0.615. The Bertz CT molecular complexity index is 169. The van der Waals surface area contributed by atoms with E-state index >= 15 is 0 Å². The average molecular weight is 159 g/mol. The molecule has 1 atom stereocenters. The van der Waals surface area contributed by atoms with Crippen LogP contribution in [0.25, 0.3) is 0 Å². The van der Waals surface area contributed by atoms with Gasteiger partial charge >= 0.3 is 0 Å². The second-order valence-corrected chi connectivity index (χ2v) is 2.80. The zero-order valence-corrected chi connectivity index (χ0v) is 6.77. The van der Waals surface area contributed by atoms with Gasteiger partial charge in [-0.25, -0.2) is 0 Å². The maximum absolute atomic E-state index is 5.95. The molecular weight excluding hydrogens is 148 g/mol. The molecule has 0 aliphatic heterocycles. The Morgan fingerprint density at radius 2 is 2.50 bits per heavy atom. The molecule has 0 amide bonds. The summed E-state index contributed by atoms with van der Waals surface area (Å²) in [6.07, 6.45) is 3.73. The van der Waals surface area contributed by atoms with E-state index in [0.29, 0.717) is 0 Å². The van der Waals surface area contributed by atoms with E-state index in [1.807, 2.05) is 12.1 Å². The number of hydrogen-bond donors (Lipinski definition) is 0. The first-order chi connectivity index (χ1) is 4.84. The lowest BCUT2D eigenvalue weighted by Gasteiger charge is -2.01. The SMILES string of the molecule is CCCC(Cl)c1ccco1. The summed E-state index contributed by atoms with van der Waals surface area (Å²) in [5.41, 5.74) is 0. The Balaban J connectivity index is 2.50. The number of furan rings is 1. The van der Waals surface area contributed by atoms with Gasteiger partial charge in [-0.1, -0.05) is 13.3 Å². The van der Waals surface area contributed by atoms with Crippen molar-refractivity contribution in [2.75, 3.05) is 0 Å². The maximum atomic E-state index is 5.95. The highest BCUT2D eigenvalue weighted by Crippen LogP contribution is 2.25. The summed E-state index contributed by atoms with van der Waals surface area (Å²) >= 11 is 5.95. The summed E-state index contributed by atoms with van der Waals surface area (Å²) < 4.78 is 5.12. The molecule has 0 fully saturated rings. The van der Waals surface area contributed by atoms with E-state index in [4.69, 9.17) is 16.0 Å². The van der Waals surface area contributed by atoms with Crippen LogP contribution in [0.1, 0.15) is 30.9 Å². The highest BCUT2D eigenvalue weighted by molar-refractivity contribution is 6.20. The Morgan fingerprint density at radius 1 is 1.70 bits per heavy atom. The van der Waals surface area contributed by atoms with Crippen LogP contribution in [0.5, 0.6) is 0 Å². The van der Waals surface area contributed by atoms with Gasteiger partial charge in [-0.15, -0.1) is 11.6 Å². The van der Waals surface area contributed by atoms with E-state index in [2.05, 4.69) is 6.92 Å². The standard InChI is InChI=1S/C8H11ClO/c1-2-4-7(9)8-5-3-6-10-8/h3,5-7H,2,4H2,1H3. The van der Waals surface area contributed by atoms with E-state index in [-0.39, 0.29) is 5.38 Å². The number of hydrogen-bond acceptors (Lipinski definition) is 1. The molecule has 0 N–H and O–H groups in total. The summed E-state index contributed by atoms with van der Waals surface area (Å²) in [4.78, 5) is 0. The Hall–Kier alpha value is -0.430. The maximum Gasteiger partial charge on any atom is 0.121 e. The van der Waals surface area contributed by atoms with Crippen molar-refractivity contribution in [3.63, 3.8) is 0 Å². The average Bonchev–Trinajstić information content (AvgIpc) is 2.38. The first kappa shape index (κ1) is 7.67.